The van der Waals surface area contributed by atoms with Crippen molar-refractivity contribution < 1.29 is 5.11 Å². The Hall–Kier alpha value is -0.340. The van der Waals surface area contributed by atoms with Crippen molar-refractivity contribution in [1.29, 1.82) is 0 Å². The van der Waals surface area contributed by atoms with Crippen LogP contribution in [0, 0.1) is 28.6 Å². The lowest BCUT2D eigenvalue weighted by atomic mass is 9.46. The summed E-state index contributed by atoms with van der Waals surface area (Å²) in [5.74, 6) is 2.70. The number of fused-ring (bicyclic) bond motifs is 5. The maximum absolute atomic E-state index is 10.1. The zero-order chi connectivity index (χ0) is 15.5. The molecule has 4 aliphatic rings. The predicted octanol–water partition coefficient (Wildman–Crippen LogP) is 3.85. The Morgan fingerprint density at radius 1 is 1.14 bits per heavy atom. The number of hydrogen-bond acceptors (Lipinski definition) is 2. The normalized spacial score (nSPS) is 52.3. The molecule has 0 aromatic carbocycles. The number of aliphatic hydroxyl groups is 1. The summed E-state index contributed by atoms with van der Waals surface area (Å²) >= 11 is 0. The Morgan fingerprint density at radius 3 is 2.77 bits per heavy atom. The quantitative estimate of drug-likeness (QED) is 0.687. The molecule has 0 radical (unpaired) electrons. The molecule has 1 N–H and O–H groups in total. The van der Waals surface area contributed by atoms with Gasteiger partial charge in [0.2, 0.25) is 0 Å². The molecule has 124 valence electrons. The maximum atomic E-state index is 10.1. The summed E-state index contributed by atoms with van der Waals surface area (Å²) in [5, 5.41) is 10.1. The van der Waals surface area contributed by atoms with Gasteiger partial charge in [-0.1, -0.05) is 25.5 Å². The fourth-order valence-electron chi connectivity index (χ4n) is 6.85. The van der Waals surface area contributed by atoms with E-state index in [0.29, 0.717) is 10.8 Å². The molecule has 4 rings (SSSR count). The van der Waals surface area contributed by atoms with E-state index in [9.17, 15) is 5.11 Å². The second kappa shape index (κ2) is 5.08. The molecular formula is C20H33NO. The fraction of sp³-hybridized carbons (Fsp3) is 0.900. The van der Waals surface area contributed by atoms with E-state index in [1.54, 1.807) is 5.57 Å². The first-order valence-electron chi connectivity index (χ1n) is 9.48. The van der Waals surface area contributed by atoms with Gasteiger partial charge >= 0.3 is 0 Å². The number of hydrogen-bond donors (Lipinski definition) is 1. The predicted molar refractivity (Wildman–Crippen MR) is 90.6 cm³/mol. The van der Waals surface area contributed by atoms with Crippen LogP contribution in [0.2, 0.25) is 0 Å². The summed E-state index contributed by atoms with van der Waals surface area (Å²) < 4.78 is 0. The first-order valence-corrected chi connectivity index (χ1v) is 9.48. The van der Waals surface area contributed by atoms with Crippen molar-refractivity contribution in [3.63, 3.8) is 0 Å². The van der Waals surface area contributed by atoms with Gasteiger partial charge in [-0.05, 0) is 87.1 Å². The molecule has 0 aromatic heterocycles. The minimum Gasteiger partial charge on any atom is -0.393 e. The monoisotopic (exact) mass is 303 g/mol. The van der Waals surface area contributed by atoms with Gasteiger partial charge in [-0.15, -0.1) is 0 Å². The van der Waals surface area contributed by atoms with Gasteiger partial charge in [0.25, 0.3) is 0 Å². The molecule has 0 amide bonds. The van der Waals surface area contributed by atoms with Crippen LogP contribution in [0.3, 0.4) is 0 Å². The van der Waals surface area contributed by atoms with Crippen molar-refractivity contribution in [2.24, 2.45) is 28.6 Å². The summed E-state index contributed by atoms with van der Waals surface area (Å²) in [4.78, 5) is 2.56. The molecule has 3 aliphatic carbocycles. The topological polar surface area (TPSA) is 23.5 Å². The standard InChI is InChI=1S/C20H33NO/c1-19-9-7-18-16(17(19)8-11-21(3)13-19)5-4-14-12-15(22)6-10-20(14,18)2/h4,15-18,22H,5-13H2,1-3H3/t15-,16-,17-,18-,19+,20-/m0/s1. The van der Waals surface area contributed by atoms with Gasteiger partial charge in [-0.3, -0.25) is 0 Å². The Labute approximate surface area is 136 Å². The first-order chi connectivity index (χ1) is 10.4. The van der Waals surface area contributed by atoms with Crippen LogP contribution in [0.5, 0.6) is 0 Å². The van der Waals surface area contributed by atoms with Crippen LogP contribution in [0.15, 0.2) is 11.6 Å². The second-order valence-electron chi connectivity index (χ2n) is 9.38. The van der Waals surface area contributed by atoms with Gasteiger partial charge in [-0.25, -0.2) is 0 Å². The molecule has 1 heterocycles. The first kappa shape index (κ1) is 15.2. The molecule has 0 bridgehead atoms. The highest BCUT2D eigenvalue weighted by molar-refractivity contribution is 5.25. The molecule has 0 unspecified atom stereocenters. The van der Waals surface area contributed by atoms with E-state index in [-0.39, 0.29) is 6.10 Å². The van der Waals surface area contributed by atoms with Crippen LogP contribution < -0.4 is 0 Å². The van der Waals surface area contributed by atoms with E-state index in [1.165, 1.54) is 45.2 Å². The number of aliphatic hydroxyl groups excluding tert-OH is 1. The Bertz CT molecular complexity index is 486. The highest BCUT2D eigenvalue weighted by Gasteiger charge is 2.55. The van der Waals surface area contributed by atoms with Gasteiger partial charge in [0.1, 0.15) is 0 Å². The minimum absolute atomic E-state index is 0.0759. The van der Waals surface area contributed by atoms with Gasteiger partial charge in [-0.2, -0.15) is 0 Å². The van der Waals surface area contributed by atoms with Crippen molar-refractivity contribution in [1.82, 2.24) is 4.90 Å². The van der Waals surface area contributed by atoms with Gasteiger partial charge in [0, 0.05) is 6.54 Å². The minimum atomic E-state index is -0.0759. The molecule has 2 nitrogen and oxygen atoms in total. The maximum Gasteiger partial charge on any atom is 0.0577 e. The summed E-state index contributed by atoms with van der Waals surface area (Å²) in [5.41, 5.74) is 2.54. The van der Waals surface area contributed by atoms with E-state index >= 15 is 0 Å². The molecule has 0 aromatic rings. The number of rotatable bonds is 0. The zero-order valence-electron chi connectivity index (χ0n) is 14.6. The third-order valence-electron chi connectivity index (χ3n) is 8.05. The lowest BCUT2D eigenvalue weighted by Crippen LogP contribution is -2.56. The lowest BCUT2D eigenvalue weighted by molar-refractivity contribution is -0.0836. The van der Waals surface area contributed by atoms with Crippen LogP contribution >= 0.6 is 0 Å². The highest BCUT2D eigenvalue weighted by atomic mass is 16.3. The Kier molecular flexibility index (Phi) is 3.51. The fourth-order valence-corrected chi connectivity index (χ4v) is 6.85. The van der Waals surface area contributed by atoms with Crippen LogP contribution in [0.1, 0.15) is 58.8 Å². The summed E-state index contributed by atoms with van der Waals surface area (Å²) in [7, 11) is 2.30. The average molecular weight is 303 g/mol. The molecule has 1 aliphatic heterocycles. The van der Waals surface area contributed by atoms with E-state index in [2.05, 4.69) is 31.9 Å². The molecular weight excluding hydrogens is 270 g/mol. The zero-order valence-corrected chi connectivity index (χ0v) is 14.6. The number of piperidine rings is 1. The van der Waals surface area contributed by atoms with Crippen molar-refractivity contribution >= 4 is 0 Å². The number of likely N-dealkylation sites (tertiary alicyclic amines) is 1. The molecule has 1 saturated heterocycles. The van der Waals surface area contributed by atoms with Crippen molar-refractivity contribution in [3.8, 4) is 0 Å². The number of allylic oxidation sites excluding steroid dienone is 1. The van der Waals surface area contributed by atoms with Crippen molar-refractivity contribution in [3.05, 3.63) is 11.6 Å². The van der Waals surface area contributed by atoms with Gasteiger partial charge in [0.05, 0.1) is 6.10 Å². The molecule has 0 spiro atoms. The Balaban J connectivity index is 1.65. The summed E-state index contributed by atoms with van der Waals surface area (Å²) in [6.07, 6.45) is 11.2. The third kappa shape index (κ3) is 2.13. The van der Waals surface area contributed by atoms with E-state index in [0.717, 1.165) is 30.6 Å². The molecule has 3 fully saturated rings. The molecule has 2 saturated carbocycles. The van der Waals surface area contributed by atoms with Crippen LogP contribution in [-0.4, -0.2) is 36.2 Å². The summed E-state index contributed by atoms with van der Waals surface area (Å²) in [6.45, 7) is 7.68. The second-order valence-corrected chi connectivity index (χ2v) is 9.38. The lowest BCUT2D eigenvalue weighted by Gasteiger charge is -2.60. The van der Waals surface area contributed by atoms with E-state index in [1.807, 2.05) is 0 Å². The van der Waals surface area contributed by atoms with Crippen molar-refractivity contribution in [2.45, 2.75) is 64.9 Å². The van der Waals surface area contributed by atoms with Crippen molar-refractivity contribution in [2.75, 3.05) is 20.1 Å². The molecule has 22 heavy (non-hydrogen) atoms. The molecule has 2 heteroatoms. The smallest absolute Gasteiger partial charge is 0.0577 e. The molecule has 6 atom stereocenters. The average Bonchev–Trinajstić information content (AvgIpc) is 2.46. The Morgan fingerprint density at radius 2 is 1.95 bits per heavy atom. The largest absolute Gasteiger partial charge is 0.393 e. The highest BCUT2D eigenvalue weighted by Crippen LogP contribution is 2.62. The summed E-state index contributed by atoms with van der Waals surface area (Å²) in [6, 6.07) is 0. The van der Waals surface area contributed by atoms with Gasteiger partial charge < -0.3 is 10.0 Å². The van der Waals surface area contributed by atoms with Gasteiger partial charge in [0.15, 0.2) is 0 Å². The van der Waals surface area contributed by atoms with Crippen LogP contribution in [0.25, 0.3) is 0 Å². The third-order valence-corrected chi connectivity index (χ3v) is 8.05. The van der Waals surface area contributed by atoms with E-state index < -0.39 is 0 Å². The number of nitrogens with zero attached hydrogens (tertiary/aromatic N) is 1. The van der Waals surface area contributed by atoms with Crippen LogP contribution in [-0.2, 0) is 0 Å². The van der Waals surface area contributed by atoms with Crippen LogP contribution in [0.4, 0.5) is 0 Å². The van der Waals surface area contributed by atoms with E-state index in [4.69, 9.17) is 0 Å². The SMILES string of the molecule is CN1CC[C@H]2[C@@H]3CC=C4C[C@@H](O)CC[C@]4(C)[C@H]3CC[C@]2(C)C1.